The molecule has 0 atom stereocenters. The molecule has 0 radical (unpaired) electrons. The monoisotopic (exact) mass is 136 g/mol. The Morgan fingerprint density at radius 3 is 1.25 bits per heavy atom. The molecule has 0 aromatic rings. The van der Waals surface area contributed by atoms with Gasteiger partial charge in [-0.05, 0) is 0 Å². The number of hydrogen-bond donors (Lipinski definition) is 2. The molecule has 0 heterocycles. The van der Waals surface area contributed by atoms with E-state index in [0.29, 0.717) is 0 Å². The summed E-state index contributed by atoms with van der Waals surface area (Å²) < 4.78 is 31.6. The van der Waals surface area contributed by atoms with E-state index in [-0.39, 0.29) is 18.9 Å². The molecule has 0 bridgehead atoms. The van der Waals surface area contributed by atoms with Crippen LogP contribution in [-0.2, 0) is 10.4 Å². The van der Waals surface area contributed by atoms with Gasteiger partial charge in [-0.1, -0.05) is 0 Å². The third kappa shape index (κ3) is 1040. The molecule has 0 aliphatic rings. The van der Waals surface area contributed by atoms with E-state index in [4.69, 9.17) is 22.6 Å². The molecule has 0 saturated carbocycles. The minimum absolute atomic E-state index is 0. The van der Waals surface area contributed by atoms with Gasteiger partial charge in [0, 0.05) is 0 Å². The third-order valence-corrected chi connectivity index (χ3v) is 0. The van der Waals surface area contributed by atoms with Crippen molar-refractivity contribution in [2.24, 2.45) is 0 Å². The predicted octanol–water partition coefficient (Wildman–Crippen LogP) is -4.67. The van der Waals surface area contributed by atoms with Crippen molar-refractivity contribution in [1.82, 2.24) is 0 Å². The Hall–Kier alpha value is 0.427. The minimum atomic E-state index is -4.67. The first-order valence-electron chi connectivity index (χ1n) is 1.11. The Bertz CT molecular complexity index is 95.6. The Kier molecular flexibility index (Phi) is 14.7. The van der Waals surface area contributed by atoms with Crippen molar-refractivity contribution in [3.8, 4) is 0 Å². The van der Waals surface area contributed by atoms with Gasteiger partial charge in [0.1, 0.15) is 0 Å². The molecule has 8 heavy (non-hydrogen) atoms. The summed E-state index contributed by atoms with van der Waals surface area (Å²) >= 11 is 0. The molecule has 0 aliphatic heterocycles. The summed E-state index contributed by atoms with van der Waals surface area (Å²) in [5.74, 6) is 0. The van der Waals surface area contributed by atoms with Crippen LogP contribution in [0.1, 0.15) is 0 Å². The van der Waals surface area contributed by atoms with E-state index in [1.54, 1.807) is 0 Å². The zero-order valence-electron chi connectivity index (χ0n) is 4.53. The molecule has 0 aromatic heterocycles. The molecule has 46 valence electrons. The molecule has 0 spiro atoms. The van der Waals surface area contributed by atoms with Crippen molar-refractivity contribution in [3.63, 3.8) is 0 Å². The largest absolute Gasteiger partial charge is 1.00 e. The van der Waals surface area contributed by atoms with Gasteiger partial charge in [-0.2, -0.15) is 15.5 Å². The molecule has 2 N–H and O–H groups in total. The van der Waals surface area contributed by atoms with Gasteiger partial charge >= 0.3 is 29.3 Å². The number of hydrogen-bond acceptors (Lipinski definition) is 3. The van der Waals surface area contributed by atoms with Gasteiger partial charge in [-0.15, -0.1) is 0 Å². The molecular formula is CH5LiO5S. The standard InChI is InChI=1S/CH3O.Li.H2O4S/c1-2;;1-5(2,3)4/h1H3;;(H2,1,2,3,4)/q-1;+1;. The van der Waals surface area contributed by atoms with Crippen molar-refractivity contribution in [3.05, 3.63) is 0 Å². The van der Waals surface area contributed by atoms with Crippen LogP contribution in [0.25, 0.3) is 0 Å². The summed E-state index contributed by atoms with van der Waals surface area (Å²) in [6.45, 7) is 0. The Labute approximate surface area is 59.5 Å². The fraction of sp³-hybridized carbons (Fsp3) is 1.00. The molecule has 0 saturated heterocycles. The van der Waals surface area contributed by atoms with E-state index >= 15 is 0 Å². The van der Waals surface area contributed by atoms with Gasteiger partial charge in [0.2, 0.25) is 0 Å². The second kappa shape index (κ2) is 7.43. The molecule has 0 fully saturated rings. The molecule has 0 aliphatic carbocycles. The Morgan fingerprint density at radius 2 is 1.25 bits per heavy atom. The van der Waals surface area contributed by atoms with Gasteiger partial charge in [-0.3, -0.25) is 9.11 Å². The predicted molar refractivity (Wildman–Crippen MR) is 20.1 cm³/mol. The SMILES string of the molecule is C[O-].O=S(=O)(O)O.[Li+]. The van der Waals surface area contributed by atoms with Crippen LogP contribution in [0.15, 0.2) is 0 Å². The van der Waals surface area contributed by atoms with E-state index in [1.807, 2.05) is 0 Å². The average molecular weight is 136 g/mol. The van der Waals surface area contributed by atoms with Crippen LogP contribution in [0.2, 0.25) is 0 Å². The van der Waals surface area contributed by atoms with Crippen molar-refractivity contribution in [2.75, 3.05) is 7.11 Å². The summed E-state index contributed by atoms with van der Waals surface area (Å²) in [4.78, 5) is 0. The first-order valence-corrected chi connectivity index (χ1v) is 2.50. The maximum absolute atomic E-state index is 8.74. The summed E-state index contributed by atoms with van der Waals surface area (Å²) in [6, 6.07) is 0. The van der Waals surface area contributed by atoms with E-state index in [1.165, 1.54) is 0 Å². The maximum Gasteiger partial charge on any atom is 1.00 e. The van der Waals surface area contributed by atoms with Crippen LogP contribution in [0.5, 0.6) is 0 Å². The summed E-state index contributed by atoms with van der Waals surface area (Å²) in [6.07, 6.45) is 0. The minimum Gasteiger partial charge on any atom is -0.857 e. The van der Waals surface area contributed by atoms with Crippen LogP contribution in [-0.4, -0.2) is 24.6 Å². The first-order chi connectivity index (χ1) is 3.00. The van der Waals surface area contributed by atoms with Crippen LogP contribution in [0, 0.1) is 0 Å². The summed E-state index contributed by atoms with van der Waals surface area (Å²) in [7, 11) is -3.92. The summed E-state index contributed by atoms with van der Waals surface area (Å²) in [5, 5.41) is 8.25. The molecule has 0 rings (SSSR count). The molecule has 0 amide bonds. The Balaban J connectivity index is -0.0000000750. The summed E-state index contributed by atoms with van der Waals surface area (Å²) in [5.41, 5.74) is 0. The first kappa shape index (κ1) is 15.8. The Morgan fingerprint density at radius 1 is 1.25 bits per heavy atom. The quantitative estimate of drug-likeness (QED) is 0.257. The van der Waals surface area contributed by atoms with Crippen molar-refractivity contribution >= 4 is 10.4 Å². The maximum atomic E-state index is 8.74. The molecule has 7 heteroatoms. The van der Waals surface area contributed by atoms with Gasteiger partial charge in [-0.25, -0.2) is 0 Å². The van der Waals surface area contributed by atoms with Crippen LogP contribution in [0.4, 0.5) is 0 Å². The molecule has 0 aromatic carbocycles. The number of rotatable bonds is 0. The molecule has 0 unspecified atom stereocenters. The molecule has 5 nitrogen and oxygen atoms in total. The average Bonchev–Trinajstić information content (AvgIpc) is 1.36. The van der Waals surface area contributed by atoms with Crippen LogP contribution in [0.3, 0.4) is 0 Å². The smallest absolute Gasteiger partial charge is 0.857 e. The van der Waals surface area contributed by atoms with Gasteiger partial charge < -0.3 is 5.11 Å². The second-order valence-electron chi connectivity index (χ2n) is 0.448. The third-order valence-electron chi connectivity index (χ3n) is 0. The zero-order chi connectivity index (χ0) is 6.50. The van der Waals surface area contributed by atoms with Crippen molar-refractivity contribution < 1.29 is 41.5 Å². The topological polar surface area (TPSA) is 97.7 Å². The van der Waals surface area contributed by atoms with Crippen molar-refractivity contribution in [2.45, 2.75) is 0 Å². The van der Waals surface area contributed by atoms with Gasteiger partial charge in [0.25, 0.3) is 0 Å². The fourth-order valence-electron chi connectivity index (χ4n) is 0. The molecular weight excluding hydrogens is 131 g/mol. The second-order valence-corrected chi connectivity index (χ2v) is 1.34. The van der Waals surface area contributed by atoms with E-state index in [0.717, 1.165) is 7.11 Å². The van der Waals surface area contributed by atoms with Crippen LogP contribution >= 0.6 is 0 Å². The van der Waals surface area contributed by atoms with E-state index in [9.17, 15) is 0 Å². The van der Waals surface area contributed by atoms with Gasteiger partial charge in [0.05, 0.1) is 0 Å². The van der Waals surface area contributed by atoms with Crippen LogP contribution < -0.4 is 24.0 Å². The van der Waals surface area contributed by atoms with E-state index in [2.05, 4.69) is 0 Å². The fourth-order valence-corrected chi connectivity index (χ4v) is 0. The zero-order valence-corrected chi connectivity index (χ0v) is 5.34. The van der Waals surface area contributed by atoms with Gasteiger partial charge in [0.15, 0.2) is 0 Å². The van der Waals surface area contributed by atoms with E-state index < -0.39 is 10.4 Å². The van der Waals surface area contributed by atoms with Crippen molar-refractivity contribution in [1.29, 1.82) is 0 Å². The normalized spacial score (nSPS) is 8.00.